The first kappa shape index (κ1) is 12.7. The van der Waals surface area contributed by atoms with Gasteiger partial charge < -0.3 is 10.6 Å². The third kappa shape index (κ3) is 4.45. The molecule has 3 nitrogen and oxygen atoms in total. The normalized spacial score (nSPS) is 10.5. The summed E-state index contributed by atoms with van der Waals surface area (Å²) in [6.07, 6.45) is 0. The average Bonchev–Trinajstić information content (AvgIpc) is 2.25. The highest BCUT2D eigenvalue weighted by Crippen LogP contribution is 2.02. The van der Waals surface area contributed by atoms with Crippen LogP contribution in [0.3, 0.4) is 0 Å². The second-order valence-electron chi connectivity index (χ2n) is 4.23. The van der Waals surface area contributed by atoms with Crippen LogP contribution in [0.5, 0.6) is 0 Å². The van der Waals surface area contributed by atoms with Crippen LogP contribution < -0.4 is 10.6 Å². The van der Waals surface area contributed by atoms with Crippen molar-refractivity contribution in [2.45, 2.75) is 26.8 Å². The van der Waals surface area contributed by atoms with E-state index in [2.05, 4.69) is 24.5 Å². The summed E-state index contributed by atoms with van der Waals surface area (Å²) < 4.78 is 0. The Hall–Kier alpha value is -1.35. The molecule has 0 atom stereocenters. The average molecular weight is 220 g/mol. The van der Waals surface area contributed by atoms with Gasteiger partial charge in [0.2, 0.25) is 0 Å². The Bertz CT molecular complexity index is 330. The summed E-state index contributed by atoms with van der Waals surface area (Å²) in [7, 11) is 0. The Morgan fingerprint density at radius 3 is 2.38 bits per heavy atom. The highest BCUT2D eigenvalue weighted by molar-refractivity contribution is 5.94. The number of nitrogens with one attached hydrogen (secondary N) is 2. The lowest BCUT2D eigenvalue weighted by Crippen LogP contribution is -2.34. The summed E-state index contributed by atoms with van der Waals surface area (Å²) >= 11 is 0. The highest BCUT2D eigenvalue weighted by atomic mass is 16.1. The van der Waals surface area contributed by atoms with Crippen molar-refractivity contribution >= 4 is 5.91 Å². The van der Waals surface area contributed by atoms with E-state index in [1.165, 1.54) is 0 Å². The monoisotopic (exact) mass is 220 g/mol. The molecule has 0 aliphatic rings. The van der Waals surface area contributed by atoms with Crippen molar-refractivity contribution in [2.24, 2.45) is 0 Å². The topological polar surface area (TPSA) is 41.1 Å². The van der Waals surface area contributed by atoms with E-state index >= 15 is 0 Å². The molecule has 0 spiro atoms. The number of benzene rings is 1. The van der Waals surface area contributed by atoms with Gasteiger partial charge in [0.15, 0.2) is 0 Å². The number of hydrogen-bond acceptors (Lipinski definition) is 2. The highest BCUT2D eigenvalue weighted by Gasteiger charge is 2.03. The van der Waals surface area contributed by atoms with Crippen LogP contribution in [0.4, 0.5) is 0 Å². The van der Waals surface area contributed by atoms with Crippen LogP contribution >= 0.6 is 0 Å². The van der Waals surface area contributed by atoms with Gasteiger partial charge in [-0.3, -0.25) is 4.79 Å². The Morgan fingerprint density at radius 2 is 1.81 bits per heavy atom. The fraction of sp³-hybridized carbons (Fsp3) is 0.462. The predicted molar refractivity (Wildman–Crippen MR) is 66.7 cm³/mol. The van der Waals surface area contributed by atoms with Gasteiger partial charge in [0.25, 0.3) is 5.91 Å². The number of hydrogen-bond donors (Lipinski definition) is 2. The Morgan fingerprint density at radius 1 is 1.19 bits per heavy atom. The summed E-state index contributed by atoms with van der Waals surface area (Å²) in [5, 5.41) is 6.12. The Labute approximate surface area is 97.2 Å². The molecule has 0 fully saturated rings. The first-order valence-corrected chi connectivity index (χ1v) is 5.68. The van der Waals surface area contributed by atoms with Crippen LogP contribution in [-0.2, 0) is 0 Å². The molecule has 2 N–H and O–H groups in total. The first-order chi connectivity index (χ1) is 7.59. The van der Waals surface area contributed by atoms with Crippen molar-refractivity contribution in [3.8, 4) is 0 Å². The van der Waals surface area contributed by atoms with E-state index in [-0.39, 0.29) is 5.91 Å². The van der Waals surface area contributed by atoms with Crippen LogP contribution in [0.2, 0.25) is 0 Å². The van der Waals surface area contributed by atoms with Crippen LogP contribution in [0.15, 0.2) is 24.3 Å². The second-order valence-corrected chi connectivity index (χ2v) is 4.23. The van der Waals surface area contributed by atoms with Gasteiger partial charge in [-0.25, -0.2) is 0 Å². The molecule has 1 aromatic rings. The minimum absolute atomic E-state index is 0.00874. The summed E-state index contributed by atoms with van der Waals surface area (Å²) in [6, 6.07) is 8.04. The third-order valence-electron chi connectivity index (χ3n) is 2.28. The lowest BCUT2D eigenvalue weighted by molar-refractivity contribution is 0.0953. The minimum atomic E-state index is -0.00874. The molecule has 16 heavy (non-hydrogen) atoms. The van der Waals surface area contributed by atoms with E-state index in [4.69, 9.17) is 0 Å². The van der Waals surface area contributed by atoms with E-state index in [1.54, 1.807) is 0 Å². The van der Waals surface area contributed by atoms with E-state index in [0.29, 0.717) is 12.6 Å². The Kier molecular flexibility index (Phi) is 4.99. The molecule has 1 rings (SSSR count). The fourth-order valence-electron chi connectivity index (χ4n) is 1.34. The number of amides is 1. The van der Waals surface area contributed by atoms with Crippen molar-refractivity contribution in [2.75, 3.05) is 13.1 Å². The minimum Gasteiger partial charge on any atom is -0.351 e. The zero-order chi connectivity index (χ0) is 12.0. The van der Waals surface area contributed by atoms with E-state index < -0.39 is 0 Å². The van der Waals surface area contributed by atoms with Gasteiger partial charge in [-0.05, 0) is 19.1 Å². The van der Waals surface area contributed by atoms with Crippen molar-refractivity contribution in [1.29, 1.82) is 0 Å². The Balaban J connectivity index is 2.32. The molecule has 0 aliphatic carbocycles. The predicted octanol–water partition coefficient (Wildman–Crippen LogP) is 1.72. The summed E-state index contributed by atoms with van der Waals surface area (Å²) in [5.41, 5.74) is 1.88. The van der Waals surface area contributed by atoms with Crippen LogP contribution in [0.25, 0.3) is 0 Å². The summed E-state index contributed by atoms with van der Waals surface area (Å²) in [6.45, 7) is 7.64. The molecule has 0 saturated heterocycles. The maximum absolute atomic E-state index is 11.7. The largest absolute Gasteiger partial charge is 0.351 e. The fourth-order valence-corrected chi connectivity index (χ4v) is 1.34. The van der Waals surface area contributed by atoms with Crippen LogP contribution in [0, 0.1) is 6.92 Å². The van der Waals surface area contributed by atoms with E-state index in [1.807, 2.05) is 31.2 Å². The molecule has 1 aromatic carbocycles. The molecule has 88 valence electrons. The van der Waals surface area contributed by atoms with Gasteiger partial charge in [0, 0.05) is 24.7 Å². The zero-order valence-electron chi connectivity index (χ0n) is 10.2. The van der Waals surface area contributed by atoms with Gasteiger partial charge >= 0.3 is 0 Å². The SMILES string of the molecule is Cc1ccc(C(=O)NCCNC(C)C)cc1. The van der Waals surface area contributed by atoms with Crippen molar-refractivity contribution in [1.82, 2.24) is 10.6 Å². The quantitative estimate of drug-likeness (QED) is 0.742. The molecule has 1 amide bonds. The van der Waals surface area contributed by atoms with E-state index in [0.717, 1.165) is 17.7 Å². The standard InChI is InChI=1S/C13H20N2O/c1-10(2)14-8-9-15-13(16)12-6-4-11(3)5-7-12/h4-7,10,14H,8-9H2,1-3H3,(H,15,16). The summed E-state index contributed by atoms with van der Waals surface area (Å²) in [5.74, 6) is -0.00874. The van der Waals surface area contributed by atoms with Crippen molar-refractivity contribution < 1.29 is 4.79 Å². The molecule has 0 heterocycles. The second kappa shape index (κ2) is 6.28. The molecule has 0 saturated carbocycles. The third-order valence-corrected chi connectivity index (χ3v) is 2.28. The zero-order valence-corrected chi connectivity index (χ0v) is 10.2. The number of carbonyl (C=O) groups excluding carboxylic acids is 1. The maximum atomic E-state index is 11.7. The van der Waals surface area contributed by atoms with Gasteiger partial charge in [-0.2, -0.15) is 0 Å². The first-order valence-electron chi connectivity index (χ1n) is 5.68. The maximum Gasteiger partial charge on any atom is 0.251 e. The van der Waals surface area contributed by atoms with Gasteiger partial charge in [0.1, 0.15) is 0 Å². The lowest BCUT2D eigenvalue weighted by Gasteiger charge is -2.09. The van der Waals surface area contributed by atoms with Crippen molar-refractivity contribution in [3.63, 3.8) is 0 Å². The van der Waals surface area contributed by atoms with Crippen LogP contribution in [0.1, 0.15) is 29.8 Å². The lowest BCUT2D eigenvalue weighted by atomic mass is 10.1. The van der Waals surface area contributed by atoms with Gasteiger partial charge in [-0.15, -0.1) is 0 Å². The smallest absolute Gasteiger partial charge is 0.251 e. The number of carbonyl (C=O) groups is 1. The summed E-state index contributed by atoms with van der Waals surface area (Å²) in [4.78, 5) is 11.7. The van der Waals surface area contributed by atoms with E-state index in [9.17, 15) is 4.79 Å². The number of aryl methyl sites for hydroxylation is 1. The number of rotatable bonds is 5. The van der Waals surface area contributed by atoms with Crippen molar-refractivity contribution in [3.05, 3.63) is 35.4 Å². The van der Waals surface area contributed by atoms with Crippen LogP contribution in [-0.4, -0.2) is 25.0 Å². The molecule has 0 aromatic heterocycles. The molecule has 0 bridgehead atoms. The molecule has 0 unspecified atom stereocenters. The molecular weight excluding hydrogens is 200 g/mol. The molecule has 0 aliphatic heterocycles. The van der Waals surface area contributed by atoms with Gasteiger partial charge in [-0.1, -0.05) is 31.5 Å². The molecular formula is C13H20N2O. The molecule has 0 radical (unpaired) electrons. The van der Waals surface area contributed by atoms with Gasteiger partial charge in [0.05, 0.1) is 0 Å². The molecule has 3 heteroatoms.